The first-order valence-corrected chi connectivity index (χ1v) is 9.42. The Bertz CT molecular complexity index is 873. The van der Waals surface area contributed by atoms with Crippen LogP contribution in [-0.2, 0) is 17.6 Å². The van der Waals surface area contributed by atoms with Gasteiger partial charge in [-0.25, -0.2) is 0 Å². The van der Waals surface area contributed by atoms with Crippen LogP contribution in [0.15, 0.2) is 48.5 Å². The lowest BCUT2D eigenvalue weighted by Gasteiger charge is -2.25. The Kier molecular flexibility index (Phi) is 6.46. The van der Waals surface area contributed by atoms with E-state index in [1.165, 1.54) is 12.2 Å². The number of phenols is 1. The van der Waals surface area contributed by atoms with Crippen LogP contribution in [0.5, 0.6) is 11.5 Å². The molecule has 1 fully saturated rings. The summed E-state index contributed by atoms with van der Waals surface area (Å²) in [6, 6.07) is 10.7. The number of amides is 1. The molecule has 0 bridgehead atoms. The highest BCUT2D eigenvalue weighted by Crippen LogP contribution is 2.42. The van der Waals surface area contributed by atoms with Gasteiger partial charge in [-0.05, 0) is 48.6 Å². The third-order valence-electron chi connectivity index (χ3n) is 4.71. The minimum atomic E-state index is -4.72. The summed E-state index contributed by atoms with van der Waals surface area (Å²) in [4.78, 5) is 13.9. The Morgan fingerprint density at radius 1 is 1.10 bits per heavy atom. The maximum absolute atomic E-state index is 13.5. The smallest absolute Gasteiger partial charge is 0.420 e. The molecule has 2 aromatic rings. The first-order chi connectivity index (χ1) is 13.8. The fourth-order valence-corrected chi connectivity index (χ4v) is 3.21. The molecule has 1 heterocycles. The largest absolute Gasteiger partial charge is 0.504 e. The second-order valence-corrected chi connectivity index (χ2v) is 6.91. The highest BCUT2D eigenvalue weighted by Gasteiger charge is 2.36. The first kappa shape index (κ1) is 20.8. The summed E-state index contributed by atoms with van der Waals surface area (Å²) in [6.07, 6.45) is 0.723. The van der Waals surface area contributed by atoms with Gasteiger partial charge in [0.25, 0.3) is 0 Å². The zero-order chi connectivity index (χ0) is 20.9. The van der Waals surface area contributed by atoms with Crippen LogP contribution >= 0.6 is 0 Å². The lowest BCUT2D eigenvalue weighted by atomic mass is 10.1. The van der Waals surface area contributed by atoms with Gasteiger partial charge in [-0.3, -0.25) is 4.79 Å². The molecule has 3 rings (SSSR count). The van der Waals surface area contributed by atoms with Gasteiger partial charge in [0.05, 0.1) is 0 Å². The van der Waals surface area contributed by atoms with Gasteiger partial charge in [-0.15, -0.1) is 0 Å². The van der Waals surface area contributed by atoms with Crippen LogP contribution in [-0.4, -0.2) is 29.0 Å². The third kappa shape index (κ3) is 5.53. The van der Waals surface area contributed by atoms with Gasteiger partial charge < -0.3 is 14.7 Å². The number of carbonyl (C=O) groups excluding carboxylic acids is 1. The van der Waals surface area contributed by atoms with Crippen LogP contribution in [0.2, 0.25) is 0 Å². The van der Waals surface area contributed by atoms with Crippen molar-refractivity contribution in [3.05, 3.63) is 65.2 Å². The summed E-state index contributed by atoms with van der Waals surface area (Å²) in [5.41, 5.74) is -0.332. The number of rotatable bonds is 5. The van der Waals surface area contributed by atoms with Crippen molar-refractivity contribution >= 4 is 12.0 Å². The lowest BCUT2D eigenvalue weighted by molar-refractivity contribution is -0.139. The summed E-state index contributed by atoms with van der Waals surface area (Å²) in [5, 5.41) is 10.2. The van der Waals surface area contributed by atoms with Crippen molar-refractivity contribution in [2.45, 2.75) is 32.0 Å². The molecular weight excluding hydrogens is 383 g/mol. The topological polar surface area (TPSA) is 49.8 Å². The van der Waals surface area contributed by atoms with E-state index in [0.717, 1.165) is 31.4 Å². The van der Waals surface area contributed by atoms with E-state index in [-0.39, 0.29) is 18.1 Å². The van der Waals surface area contributed by atoms with E-state index in [4.69, 9.17) is 4.74 Å². The van der Waals surface area contributed by atoms with E-state index in [9.17, 15) is 23.1 Å². The molecule has 1 saturated heterocycles. The lowest BCUT2D eigenvalue weighted by Crippen LogP contribution is -2.34. The average Bonchev–Trinajstić information content (AvgIpc) is 2.71. The number of halogens is 3. The van der Waals surface area contributed by atoms with Gasteiger partial charge in [0.15, 0.2) is 11.5 Å². The molecule has 1 N–H and O–H groups in total. The van der Waals surface area contributed by atoms with E-state index in [1.54, 1.807) is 35.2 Å². The zero-order valence-corrected chi connectivity index (χ0v) is 15.8. The second kappa shape index (κ2) is 9.03. The average molecular weight is 405 g/mol. The predicted octanol–water partition coefficient (Wildman–Crippen LogP) is 5.02. The maximum atomic E-state index is 13.5. The Morgan fingerprint density at radius 2 is 1.79 bits per heavy atom. The van der Waals surface area contributed by atoms with Gasteiger partial charge in [0.2, 0.25) is 5.91 Å². The van der Waals surface area contributed by atoms with Crippen molar-refractivity contribution in [3.63, 3.8) is 0 Å². The van der Waals surface area contributed by atoms with Crippen LogP contribution in [0.1, 0.15) is 36.0 Å². The molecule has 4 nitrogen and oxygen atoms in total. The van der Waals surface area contributed by atoms with Gasteiger partial charge in [0, 0.05) is 19.2 Å². The minimum absolute atomic E-state index is 0.0762. The van der Waals surface area contributed by atoms with Crippen molar-refractivity contribution in [2.24, 2.45) is 0 Å². The van der Waals surface area contributed by atoms with Gasteiger partial charge in [-0.1, -0.05) is 30.3 Å². The number of hydrogen-bond acceptors (Lipinski definition) is 3. The molecule has 1 aliphatic rings. The fraction of sp³-hybridized carbons (Fsp3) is 0.318. The molecule has 0 aliphatic carbocycles. The summed E-state index contributed by atoms with van der Waals surface area (Å²) in [6.45, 7) is 1.18. The van der Waals surface area contributed by atoms with Crippen LogP contribution in [0.3, 0.4) is 0 Å². The van der Waals surface area contributed by atoms with Crippen LogP contribution in [0, 0.1) is 0 Å². The molecule has 0 atom stereocenters. The van der Waals surface area contributed by atoms with Crippen LogP contribution in [0.4, 0.5) is 13.2 Å². The molecule has 2 aromatic carbocycles. The molecule has 0 unspecified atom stereocenters. The second-order valence-electron chi connectivity index (χ2n) is 6.91. The van der Waals surface area contributed by atoms with Crippen molar-refractivity contribution in [1.82, 2.24) is 4.90 Å². The monoisotopic (exact) mass is 405 g/mol. The van der Waals surface area contributed by atoms with Crippen LogP contribution < -0.4 is 4.74 Å². The molecule has 1 aliphatic heterocycles. The Hall–Kier alpha value is -2.96. The van der Waals surface area contributed by atoms with Crippen molar-refractivity contribution in [2.75, 3.05) is 13.1 Å². The van der Waals surface area contributed by atoms with Crippen molar-refractivity contribution in [3.8, 4) is 11.5 Å². The van der Waals surface area contributed by atoms with Crippen LogP contribution in [0.25, 0.3) is 6.08 Å². The zero-order valence-electron chi connectivity index (χ0n) is 15.8. The highest BCUT2D eigenvalue weighted by molar-refractivity contribution is 5.92. The van der Waals surface area contributed by atoms with E-state index in [1.807, 2.05) is 0 Å². The summed E-state index contributed by atoms with van der Waals surface area (Å²) >= 11 is 0. The number of aromatic hydroxyl groups is 1. The molecule has 0 spiro atoms. The molecular formula is C22H22F3NO3. The number of carbonyl (C=O) groups is 1. The predicted molar refractivity (Wildman–Crippen MR) is 103 cm³/mol. The Labute approximate surface area is 167 Å². The summed E-state index contributed by atoms with van der Waals surface area (Å²) in [5.74, 6) is -1.50. The number of alkyl halides is 3. The minimum Gasteiger partial charge on any atom is -0.504 e. The normalized spacial score (nSPS) is 14.9. The van der Waals surface area contributed by atoms with Gasteiger partial charge >= 0.3 is 6.18 Å². The maximum Gasteiger partial charge on any atom is 0.420 e. The highest BCUT2D eigenvalue weighted by atomic mass is 19.4. The standard InChI is InChI=1S/C22H22F3NO3/c23-22(24,25)18-13-17(9-10-20(28)26-11-5-2-6-12-26)14-19(27)21(18)29-15-16-7-3-1-4-8-16/h1,3-4,7-10,13-14,27H,2,5-6,11-12,15H2/b10-9+. The first-order valence-electron chi connectivity index (χ1n) is 9.42. The van der Waals surface area contributed by atoms with E-state index >= 15 is 0 Å². The molecule has 1 amide bonds. The molecule has 154 valence electrons. The molecule has 0 aromatic heterocycles. The molecule has 29 heavy (non-hydrogen) atoms. The van der Waals surface area contributed by atoms with Crippen molar-refractivity contribution in [1.29, 1.82) is 0 Å². The number of phenolic OH excluding ortho intramolecular Hbond substituents is 1. The number of hydrogen-bond donors (Lipinski definition) is 1. The molecule has 0 saturated carbocycles. The van der Waals surface area contributed by atoms with Crippen molar-refractivity contribution < 1.29 is 27.8 Å². The SMILES string of the molecule is O=C(/C=C/c1cc(O)c(OCc2ccccc2)c(C(F)(F)F)c1)N1CCCCC1. The van der Waals surface area contributed by atoms with E-state index in [0.29, 0.717) is 18.7 Å². The number of nitrogens with zero attached hydrogens (tertiary/aromatic N) is 1. The number of likely N-dealkylation sites (tertiary alicyclic amines) is 1. The van der Waals surface area contributed by atoms with E-state index in [2.05, 4.69) is 0 Å². The van der Waals surface area contributed by atoms with E-state index < -0.39 is 23.2 Å². The summed E-state index contributed by atoms with van der Waals surface area (Å²) in [7, 11) is 0. The number of benzene rings is 2. The Morgan fingerprint density at radius 3 is 2.45 bits per heavy atom. The third-order valence-corrected chi connectivity index (χ3v) is 4.71. The molecule has 7 heteroatoms. The van der Waals surface area contributed by atoms with Gasteiger partial charge in [0.1, 0.15) is 12.2 Å². The fourth-order valence-electron chi connectivity index (χ4n) is 3.21. The number of ether oxygens (including phenoxy) is 1. The quantitative estimate of drug-likeness (QED) is 0.711. The number of piperidine rings is 1. The summed E-state index contributed by atoms with van der Waals surface area (Å²) < 4.78 is 45.9. The van der Waals surface area contributed by atoms with Gasteiger partial charge in [-0.2, -0.15) is 13.2 Å². The Balaban J connectivity index is 1.81. The molecule has 0 radical (unpaired) electrons.